The molecule has 0 saturated carbocycles. The summed E-state index contributed by atoms with van der Waals surface area (Å²) in [6, 6.07) is 19.9. The van der Waals surface area contributed by atoms with E-state index in [9.17, 15) is 0 Å². The third kappa shape index (κ3) is 3.13. The Morgan fingerprint density at radius 1 is 1.11 bits per heavy atom. The van der Waals surface area contributed by atoms with Gasteiger partial charge in [0.15, 0.2) is 11.6 Å². The van der Waals surface area contributed by atoms with Crippen molar-refractivity contribution in [3.8, 4) is 17.0 Å². The van der Waals surface area contributed by atoms with Crippen molar-refractivity contribution >= 4 is 16.7 Å². The fourth-order valence-electron chi connectivity index (χ4n) is 3.24. The van der Waals surface area contributed by atoms with E-state index in [-0.39, 0.29) is 5.84 Å². The number of furan rings is 1. The molecular formula is C21H20N4O2. The maximum Gasteiger partial charge on any atom is 0.186 e. The van der Waals surface area contributed by atoms with Gasteiger partial charge in [0, 0.05) is 23.4 Å². The lowest BCUT2D eigenvalue weighted by Crippen LogP contribution is -2.14. The number of nitrogens with zero attached hydrogens (tertiary/aromatic N) is 1. The molecule has 6 heteroatoms. The molecule has 0 unspecified atom stereocenters. The van der Waals surface area contributed by atoms with Crippen molar-refractivity contribution in [3.63, 3.8) is 0 Å². The summed E-state index contributed by atoms with van der Waals surface area (Å²) in [4.78, 5) is 3.53. The lowest BCUT2D eigenvalue weighted by atomic mass is 10.0. The van der Waals surface area contributed by atoms with Crippen LogP contribution in [0.15, 0.2) is 70.2 Å². The van der Waals surface area contributed by atoms with Gasteiger partial charge in [-0.2, -0.15) is 5.10 Å². The van der Waals surface area contributed by atoms with Gasteiger partial charge in [0.1, 0.15) is 11.5 Å². The molecule has 0 bridgehead atoms. The van der Waals surface area contributed by atoms with Crippen molar-refractivity contribution in [2.45, 2.75) is 6.42 Å². The minimum Gasteiger partial charge on any atom is -0.497 e. The van der Waals surface area contributed by atoms with Crippen LogP contribution in [0.1, 0.15) is 17.1 Å². The van der Waals surface area contributed by atoms with E-state index in [1.165, 1.54) is 0 Å². The van der Waals surface area contributed by atoms with E-state index >= 15 is 0 Å². The minimum absolute atomic E-state index is 0.174. The van der Waals surface area contributed by atoms with E-state index < -0.39 is 0 Å². The van der Waals surface area contributed by atoms with Gasteiger partial charge >= 0.3 is 0 Å². The summed E-state index contributed by atoms with van der Waals surface area (Å²) in [5, 5.41) is 4.60. The molecule has 2 aromatic heterocycles. The molecule has 2 heterocycles. The Labute approximate surface area is 156 Å². The average molecular weight is 360 g/mol. The fraction of sp³-hybridized carbons (Fsp3) is 0.0952. The zero-order valence-electron chi connectivity index (χ0n) is 14.9. The summed E-state index contributed by atoms with van der Waals surface area (Å²) in [7, 11) is 1.66. The fourth-order valence-corrected chi connectivity index (χ4v) is 3.24. The number of hydrogen-bond donors (Lipinski definition) is 3. The minimum atomic E-state index is 0.174. The highest BCUT2D eigenvalue weighted by atomic mass is 16.5. The van der Waals surface area contributed by atoms with Gasteiger partial charge in [-0.1, -0.05) is 30.3 Å². The molecule has 0 saturated heterocycles. The van der Waals surface area contributed by atoms with Crippen LogP contribution in [0.4, 0.5) is 0 Å². The molecule has 2 aromatic carbocycles. The Balaban J connectivity index is 1.83. The molecule has 0 fully saturated rings. The summed E-state index contributed by atoms with van der Waals surface area (Å²) >= 11 is 0. The van der Waals surface area contributed by atoms with E-state index in [1.807, 2.05) is 36.4 Å². The molecular weight excluding hydrogens is 340 g/mol. The third-order valence-electron chi connectivity index (χ3n) is 4.58. The van der Waals surface area contributed by atoms with Crippen LogP contribution >= 0.6 is 0 Å². The summed E-state index contributed by atoms with van der Waals surface area (Å²) in [5.41, 5.74) is 10.1. The summed E-state index contributed by atoms with van der Waals surface area (Å²) in [6.07, 6.45) is 0.606. The molecule has 0 radical (unpaired) electrons. The third-order valence-corrected chi connectivity index (χ3v) is 4.58. The highest BCUT2D eigenvalue weighted by Gasteiger charge is 2.16. The predicted octanol–water partition coefficient (Wildman–Crippen LogP) is 3.61. The van der Waals surface area contributed by atoms with Crippen molar-refractivity contribution in [1.29, 1.82) is 0 Å². The Kier molecular flexibility index (Phi) is 4.30. The Bertz CT molecular complexity index is 1110. The van der Waals surface area contributed by atoms with Crippen LogP contribution in [0.5, 0.6) is 5.75 Å². The first-order chi connectivity index (χ1) is 13.2. The predicted molar refractivity (Wildman–Crippen MR) is 107 cm³/mol. The molecule has 0 aliphatic carbocycles. The lowest BCUT2D eigenvalue weighted by Gasteiger charge is -2.04. The largest absolute Gasteiger partial charge is 0.497 e. The van der Waals surface area contributed by atoms with Crippen LogP contribution in [-0.2, 0) is 6.42 Å². The quantitative estimate of drug-likeness (QED) is 0.219. The monoisotopic (exact) mass is 360 g/mol. The number of fused-ring (bicyclic) bond motifs is 1. The lowest BCUT2D eigenvalue weighted by molar-refractivity contribution is 0.415. The summed E-state index contributed by atoms with van der Waals surface area (Å²) in [6.45, 7) is 0. The van der Waals surface area contributed by atoms with E-state index in [1.54, 1.807) is 13.2 Å². The Morgan fingerprint density at radius 3 is 2.67 bits per heavy atom. The van der Waals surface area contributed by atoms with Crippen LogP contribution in [-0.4, -0.2) is 17.9 Å². The van der Waals surface area contributed by atoms with Crippen LogP contribution in [0, 0.1) is 0 Å². The highest BCUT2D eigenvalue weighted by molar-refractivity contribution is 5.95. The van der Waals surface area contributed by atoms with Gasteiger partial charge in [0.2, 0.25) is 0 Å². The van der Waals surface area contributed by atoms with Crippen molar-refractivity contribution in [2.75, 3.05) is 7.11 Å². The second kappa shape index (κ2) is 6.92. The molecule has 0 aliphatic heterocycles. The number of nitrogens with one attached hydrogen (secondary N) is 1. The van der Waals surface area contributed by atoms with Gasteiger partial charge in [-0.25, -0.2) is 0 Å². The zero-order chi connectivity index (χ0) is 18.8. The number of benzene rings is 2. The summed E-state index contributed by atoms with van der Waals surface area (Å²) < 4.78 is 11.2. The molecule has 4 rings (SSSR count). The molecule has 4 aromatic rings. The van der Waals surface area contributed by atoms with E-state index in [0.29, 0.717) is 12.2 Å². The van der Waals surface area contributed by atoms with Gasteiger partial charge in [-0.05, 0) is 35.4 Å². The zero-order valence-corrected chi connectivity index (χ0v) is 14.9. The number of H-pyrrole nitrogens is 1. The second-order valence-electron chi connectivity index (χ2n) is 6.21. The standard InChI is InChI=1S/C21H20N4O2/c1-26-14-7-9-16-17(11-15-8-10-19(27-15)21(22)25-23)20(24-18(16)12-14)13-5-3-2-4-6-13/h2-10,12,24H,11,23H2,1H3,(H2,22,25). The molecule has 136 valence electrons. The molecule has 0 atom stereocenters. The number of aromatic nitrogens is 1. The smallest absolute Gasteiger partial charge is 0.186 e. The van der Waals surface area contributed by atoms with Crippen molar-refractivity contribution < 1.29 is 9.15 Å². The summed E-state index contributed by atoms with van der Waals surface area (Å²) in [5.74, 6) is 7.47. The van der Waals surface area contributed by atoms with Crippen molar-refractivity contribution in [2.24, 2.45) is 16.7 Å². The van der Waals surface area contributed by atoms with Crippen molar-refractivity contribution in [1.82, 2.24) is 4.98 Å². The number of aromatic amines is 1. The first-order valence-electron chi connectivity index (χ1n) is 8.56. The molecule has 0 aliphatic rings. The molecule has 27 heavy (non-hydrogen) atoms. The Hall–Kier alpha value is -3.67. The van der Waals surface area contributed by atoms with E-state index in [0.717, 1.165) is 39.2 Å². The van der Waals surface area contributed by atoms with Crippen LogP contribution in [0.2, 0.25) is 0 Å². The number of hydrazone groups is 1. The van der Waals surface area contributed by atoms with Gasteiger partial charge in [-0.3, -0.25) is 0 Å². The van der Waals surface area contributed by atoms with Gasteiger partial charge in [0.25, 0.3) is 0 Å². The highest BCUT2D eigenvalue weighted by Crippen LogP contribution is 2.34. The number of hydrogen-bond acceptors (Lipinski definition) is 4. The van der Waals surface area contributed by atoms with Gasteiger partial charge in [0.05, 0.1) is 12.8 Å². The van der Waals surface area contributed by atoms with Crippen LogP contribution in [0.25, 0.3) is 22.2 Å². The maximum atomic E-state index is 5.82. The maximum absolute atomic E-state index is 5.82. The van der Waals surface area contributed by atoms with E-state index in [4.69, 9.17) is 20.7 Å². The van der Waals surface area contributed by atoms with Crippen LogP contribution in [0.3, 0.4) is 0 Å². The Morgan fingerprint density at radius 2 is 1.93 bits per heavy atom. The number of ether oxygens (including phenoxy) is 1. The normalized spacial score (nSPS) is 11.8. The average Bonchev–Trinajstić information content (AvgIpc) is 3.33. The molecule has 6 nitrogen and oxygen atoms in total. The number of methoxy groups -OCH3 is 1. The SMILES string of the molecule is COc1ccc2c(Cc3ccc(/C(N)=N/N)o3)c(-c3ccccc3)[nH]c2c1. The topological polar surface area (TPSA) is 103 Å². The number of amidine groups is 1. The van der Waals surface area contributed by atoms with Crippen LogP contribution < -0.4 is 16.3 Å². The van der Waals surface area contributed by atoms with Gasteiger partial charge in [-0.15, -0.1) is 0 Å². The molecule has 0 spiro atoms. The number of nitrogens with two attached hydrogens (primary N) is 2. The molecule has 0 amide bonds. The van der Waals surface area contributed by atoms with Crippen molar-refractivity contribution in [3.05, 3.63) is 77.7 Å². The first-order valence-corrected chi connectivity index (χ1v) is 8.56. The second-order valence-corrected chi connectivity index (χ2v) is 6.21. The number of rotatable bonds is 5. The van der Waals surface area contributed by atoms with E-state index in [2.05, 4.69) is 28.3 Å². The first kappa shape index (κ1) is 16.8. The van der Waals surface area contributed by atoms with Gasteiger partial charge < -0.3 is 25.7 Å². The molecule has 5 N–H and O–H groups in total.